The van der Waals surface area contributed by atoms with E-state index >= 15 is 0 Å². The molecule has 0 aromatic heterocycles. The monoisotopic (exact) mass is 523 g/mol. The second-order valence-electron chi connectivity index (χ2n) is 9.03. The maximum Gasteiger partial charge on any atom is 0.293 e. The molecule has 0 saturated heterocycles. The van der Waals surface area contributed by atoms with Gasteiger partial charge in [-0.15, -0.1) is 0 Å². The van der Waals surface area contributed by atoms with Crippen molar-refractivity contribution in [2.24, 2.45) is 5.92 Å². The largest absolute Gasteiger partial charge is 0.496 e. The number of hydrogen-bond donors (Lipinski definition) is 2. The molecule has 0 bridgehead atoms. The van der Waals surface area contributed by atoms with Gasteiger partial charge in [0.1, 0.15) is 11.4 Å². The first kappa shape index (κ1) is 26.2. The first-order chi connectivity index (χ1) is 17.8. The molecule has 1 saturated carbocycles. The van der Waals surface area contributed by atoms with Crippen LogP contribution in [-0.2, 0) is 10.0 Å². The van der Waals surface area contributed by atoms with Gasteiger partial charge >= 0.3 is 0 Å². The van der Waals surface area contributed by atoms with Gasteiger partial charge in [0.15, 0.2) is 0 Å². The lowest BCUT2D eigenvalue weighted by molar-refractivity contribution is -0.384. The molecule has 0 atom stereocenters. The van der Waals surface area contributed by atoms with Crippen molar-refractivity contribution in [2.45, 2.75) is 37.0 Å². The number of para-hydroxylation sites is 1. The molecule has 9 nitrogen and oxygen atoms in total. The number of anilines is 1. The van der Waals surface area contributed by atoms with Crippen molar-refractivity contribution in [3.8, 4) is 16.9 Å². The maximum atomic E-state index is 12.9. The van der Waals surface area contributed by atoms with Crippen molar-refractivity contribution in [3.63, 3.8) is 0 Å². The molecule has 0 radical (unpaired) electrons. The van der Waals surface area contributed by atoms with Crippen LogP contribution in [-0.4, -0.2) is 32.9 Å². The fourth-order valence-electron chi connectivity index (χ4n) is 4.55. The fourth-order valence-corrected chi connectivity index (χ4v) is 5.54. The van der Waals surface area contributed by atoms with Crippen LogP contribution in [0.2, 0.25) is 0 Å². The van der Waals surface area contributed by atoms with Gasteiger partial charge in [0, 0.05) is 23.7 Å². The highest BCUT2D eigenvalue weighted by Gasteiger charge is 2.24. The van der Waals surface area contributed by atoms with Crippen LogP contribution in [0.1, 0.15) is 42.5 Å². The SMILES string of the molecule is COc1ccccc1-c1ccc(C(=O)NS(=O)(=O)c2ccc(NCC3CCCCC3)c([N+](=O)[O-])c2)cc1. The summed E-state index contributed by atoms with van der Waals surface area (Å²) in [4.78, 5) is 23.4. The van der Waals surface area contributed by atoms with Crippen LogP contribution in [0.15, 0.2) is 71.6 Å². The number of amides is 1. The van der Waals surface area contributed by atoms with Crippen LogP contribution in [0.25, 0.3) is 11.1 Å². The minimum Gasteiger partial charge on any atom is -0.496 e. The highest BCUT2D eigenvalue weighted by molar-refractivity contribution is 7.90. The smallest absolute Gasteiger partial charge is 0.293 e. The molecule has 0 aliphatic heterocycles. The van der Waals surface area contributed by atoms with Crippen LogP contribution in [0, 0.1) is 16.0 Å². The van der Waals surface area contributed by atoms with Gasteiger partial charge in [-0.3, -0.25) is 14.9 Å². The van der Waals surface area contributed by atoms with Crippen molar-refractivity contribution in [2.75, 3.05) is 19.0 Å². The molecule has 0 spiro atoms. The molecule has 3 aromatic rings. The lowest BCUT2D eigenvalue weighted by Gasteiger charge is -2.22. The Bertz CT molecular complexity index is 1380. The van der Waals surface area contributed by atoms with E-state index in [0.717, 1.165) is 42.9 Å². The summed E-state index contributed by atoms with van der Waals surface area (Å²) in [6, 6.07) is 17.4. The van der Waals surface area contributed by atoms with Gasteiger partial charge in [-0.1, -0.05) is 49.6 Å². The van der Waals surface area contributed by atoms with Gasteiger partial charge in [0.2, 0.25) is 0 Å². The van der Waals surface area contributed by atoms with Gasteiger partial charge in [-0.2, -0.15) is 0 Å². The summed E-state index contributed by atoms with van der Waals surface area (Å²) in [5, 5.41) is 14.8. The van der Waals surface area contributed by atoms with E-state index in [-0.39, 0.29) is 21.8 Å². The summed E-state index contributed by atoms with van der Waals surface area (Å²) in [6.45, 7) is 0.592. The van der Waals surface area contributed by atoms with Crippen molar-refractivity contribution in [1.82, 2.24) is 4.72 Å². The van der Waals surface area contributed by atoms with E-state index in [1.165, 1.54) is 30.7 Å². The Labute approximate surface area is 216 Å². The number of benzene rings is 3. The number of ether oxygens (including phenoxy) is 1. The zero-order chi connectivity index (χ0) is 26.4. The Hall–Kier alpha value is -3.92. The molecule has 0 heterocycles. The average molecular weight is 524 g/mol. The number of carbonyl (C=O) groups is 1. The topological polar surface area (TPSA) is 128 Å². The Balaban J connectivity index is 1.48. The van der Waals surface area contributed by atoms with Crippen LogP contribution in [0.3, 0.4) is 0 Å². The number of nitrogens with zero attached hydrogens (tertiary/aromatic N) is 1. The molecule has 2 N–H and O–H groups in total. The van der Waals surface area contributed by atoms with E-state index in [1.54, 1.807) is 19.2 Å². The van der Waals surface area contributed by atoms with Crippen LogP contribution in [0.5, 0.6) is 5.75 Å². The molecule has 194 valence electrons. The number of sulfonamides is 1. The van der Waals surface area contributed by atoms with Gasteiger partial charge in [0.25, 0.3) is 21.6 Å². The molecule has 1 amide bonds. The van der Waals surface area contributed by atoms with Crippen molar-refractivity contribution in [3.05, 3.63) is 82.4 Å². The van der Waals surface area contributed by atoms with E-state index in [4.69, 9.17) is 4.74 Å². The van der Waals surface area contributed by atoms with Crippen molar-refractivity contribution >= 4 is 27.3 Å². The lowest BCUT2D eigenvalue weighted by atomic mass is 9.89. The van der Waals surface area contributed by atoms with Gasteiger partial charge in [-0.05, 0) is 54.7 Å². The second-order valence-corrected chi connectivity index (χ2v) is 10.7. The third kappa shape index (κ3) is 6.26. The number of rotatable bonds is 9. The zero-order valence-electron chi connectivity index (χ0n) is 20.5. The normalized spacial score (nSPS) is 14.1. The summed E-state index contributed by atoms with van der Waals surface area (Å²) in [6.07, 6.45) is 5.64. The average Bonchev–Trinajstić information content (AvgIpc) is 2.92. The van der Waals surface area contributed by atoms with Gasteiger partial charge in [0.05, 0.1) is 16.9 Å². The predicted molar refractivity (Wildman–Crippen MR) is 141 cm³/mol. The van der Waals surface area contributed by atoms with Crippen molar-refractivity contribution < 1.29 is 22.9 Å². The first-order valence-electron chi connectivity index (χ1n) is 12.1. The summed E-state index contributed by atoms with van der Waals surface area (Å²) < 4.78 is 33.1. The number of carbonyl (C=O) groups excluding carboxylic acids is 1. The molecule has 1 aliphatic rings. The molecule has 1 fully saturated rings. The van der Waals surface area contributed by atoms with Gasteiger partial charge in [-0.25, -0.2) is 13.1 Å². The van der Waals surface area contributed by atoms with Crippen LogP contribution in [0.4, 0.5) is 11.4 Å². The van der Waals surface area contributed by atoms with Crippen LogP contribution >= 0.6 is 0 Å². The number of nitrogens with one attached hydrogen (secondary N) is 2. The number of methoxy groups -OCH3 is 1. The zero-order valence-corrected chi connectivity index (χ0v) is 21.3. The van der Waals surface area contributed by atoms with E-state index in [9.17, 15) is 23.3 Å². The van der Waals surface area contributed by atoms with E-state index in [1.807, 2.05) is 29.0 Å². The molecule has 4 rings (SSSR count). The quantitative estimate of drug-likeness (QED) is 0.285. The summed E-state index contributed by atoms with van der Waals surface area (Å²) >= 11 is 0. The minimum absolute atomic E-state index is 0.127. The van der Waals surface area contributed by atoms with E-state index < -0.39 is 20.9 Å². The predicted octanol–water partition coefficient (Wildman–Crippen LogP) is 5.38. The molecular formula is C27H29N3O6S. The molecular weight excluding hydrogens is 494 g/mol. The van der Waals surface area contributed by atoms with E-state index in [0.29, 0.717) is 18.2 Å². The Morgan fingerprint density at radius 1 is 1.03 bits per heavy atom. The summed E-state index contributed by atoms with van der Waals surface area (Å²) in [7, 11) is -2.78. The molecule has 1 aliphatic carbocycles. The van der Waals surface area contributed by atoms with Crippen molar-refractivity contribution in [1.29, 1.82) is 0 Å². The Morgan fingerprint density at radius 2 is 1.73 bits per heavy atom. The molecule has 3 aromatic carbocycles. The molecule has 37 heavy (non-hydrogen) atoms. The second kappa shape index (κ2) is 11.4. The standard InChI is InChI=1S/C27H29N3O6S/c1-36-26-10-6-5-9-23(26)20-11-13-21(14-12-20)27(31)29-37(34,35)22-15-16-24(25(17-22)30(32)33)28-18-19-7-3-2-4-8-19/h5-6,9-17,19,28H,2-4,7-8,18H2,1H3,(H,29,31). The highest BCUT2D eigenvalue weighted by atomic mass is 32.2. The number of hydrogen-bond acceptors (Lipinski definition) is 7. The summed E-state index contributed by atoms with van der Waals surface area (Å²) in [5.41, 5.74) is 1.65. The van der Waals surface area contributed by atoms with E-state index in [2.05, 4.69) is 5.32 Å². The third-order valence-electron chi connectivity index (χ3n) is 6.57. The summed E-state index contributed by atoms with van der Waals surface area (Å²) in [5.74, 6) is 0.264. The molecule has 0 unspecified atom stereocenters. The third-order valence-corrected chi connectivity index (χ3v) is 7.90. The van der Waals surface area contributed by atoms with Gasteiger partial charge < -0.3 is 10.1 Å². The number of nitro benzene ring substituents is 1. The fraction of sp³-hybridized carbons (Fsp3) is 0.296. The lowest BCUT2D eigenvalue weighted by Crippen LogP contribution is -2.30. The van der Waals surface area contributed by atoms with Crippen LogP contribution < -0.4 is 14.8 Å². The first-order valence-corrected chi connectivity index (χ1v) is 13.6. The minimum atomic E-state index is -4.34. The highest BCUT2D eigenvalue weighted by Crippen LogP contribution is 2.31. The Kier molecular flexibility index (Phi) is 8.08. The Morgan fingerprint density at radius 3 is 2.41 bits per heavy atom. The molecule has 10 heteroatoms. The maximum absolute atomic E-state index is 12.9. The number of nitro groups is 1.